The number of rotatable bonds is 6. The fourth-order valence-corrected chi connectivity index (χ4v) is 3.40. The van der Waals surface area contributed by atoms with Gasteiger partial charge in [-0.1, -0.05) is 42.0 Å². The Labute approximate surface area is 166 Å². The predicted octanol–water partition coefficient (Wildman–Crippen LogP) is 3.42. The van der Waals surface area contributed by atoms with Crippen LogP contribution in [0.3, 0.4) is 0 Å². The molecular formula is C22H20FNO5. The van der Waals surface area contributed by atoms with Gasteiger partial charge >= 0.3 is 5.97 Å². The number of carbonyl (C=O) groups excluding carboxylic acids is 2. The molecule has 0 saturated carbocycles. The molecule has 1 aliphatic rings. The van der Waals surface area contributed by atoms with Crippen molar-refractivity contribution in [2.24, 2.45) is 0 Å². The molecule has 1 fully saturated rings. The summed E-state index contributed by atoms with van der Waals surface area (Å²) in [6.07, 6.45) is -0.0599. The summed E-state index contributed by atoms with van der Waals surface area (Å²) in [5.74, 6) is -3.65. The molecule has 0 radical (unpaired) electrons. The van der Waals surface area contributed by atoms with Crippen molar-refractivity contribution in [3.63, 3.8) is 0 Å². The Morgan fingerprint density at radius 1 is 1.10 bits per heavy atom. The summed E-state index contributed by atoms with van der Waals surface area (Å²) in [5, 5.41) is 19.7. The first-order valence-corrected chi connectivity index (χ1v) is 9.12. The molecule has 2 N–H and O–H groups in total. The van der Waals surface area contributed by atoms with Gasteiger partial charge < -0.3 is 15.1 Å². The monoisotopic (exact) mass is 397 g/mol. The highest BCUT2D eigenvalue weighted by atomic mass is 19.1. The van der Waals surface area contributed by atoms with Crippen molar-refractivity contribution in [1.82, 2.24) is 4.90 Å². The second-order valence-corrected chi connectivity index (χ2v) is 6.91. The first-order chi connectivity index (χ1) is 13.8. The van der Waals surface area contributed by atoms with Gasteiger partial charge in [0.2, 0.25) is 0 Å². The normalized spacial score (nSPS) is 18.3. The second-order valence-electron chi connectivity index (χ2n) is 6.91. The third-order valence-corrected chi connectivity index (χ3v) is 4.82. The summed E-state index contributed by atoms with van der Waals surface area (Å²) in [6.45, 7) is 1.86. The van der Waals surface area contributed by atoms with Gasteiger partial charge in [-0.3, -0.25) is 14.4 Å². The third-order valence-electron chi connectivity index (χ3n) is 4.82. The number of nitrogens with zero attached hydrogens (tertiary/aromatic N) is 1. The molecule has 0 spiro atoms. The molecule has 1 amide bonds. The van der Waals surface area contributed by atoms with E-state index in [9.17, 15) is 23.9 Å². The van der Waals surface area contributed by atoms with Crippen LogP contribution in [0.15, 0.2) is 54.1 Å². The van der Waals surface area contributed by atoms with Gasteiger partial charge in [0.15, 0.2) is 0 Å². The number of likely N-dealkylation sites (tertiary alicyclic amines) is 1. The molecule has 6 nitrogen and oxygen atoms in total. The van der Waals surface area contributed by atoms with Crippen LogP contribution in [0.5, 0.6) is 0 Å². The number of aryl methyl sites for hydroxylation is 1. The highest BCUT2D eigenvalue weighted by Crippen LogP contribution is 2.39. The fourth-order valence-electron chi connectivity index (χ4n) is 3.40. The van der Waals surface area contributed by atoms with Gasteiger partial charge in [-0.25, -0.2) is 4.39 Å². The third kappa shape index (κ3) is 4.18. The predicted molar refractivity (Wildman–Crippen MR) is 103 cm³/mol. The number of carboxylic acid groups (broad SMARTS) is 1. The minimum absolute atomic E-state index is 0.0112. The first-order valence-electron chi connectivity index (χ1n) is 9.12. The lowest BCUT2D eigenvalue weighted by atomic mass is 9.95. The first kappa shape index (κ1) is 20.3. The van der Waals surface area contributed by atoms with Crippen LogP contribution < -0.4 is 0 Å². The van der Waals surface area contributed by atoms with E-state index in [1.807, 2.05) is 6.92 Å². The lowest BCUT2D eigenvalue weighted by Gasteiger charge is -2.25. The molecule has 2 aromatic carbocycles. The Morgan fingerprint density at radius 2 is 1.79 bits per heavy atom. The summed E-state index contributed by atoms with van der Waals surface area (Å²) in [5.41, 5.74) is 1.51. The number of benzene rings is 2. The van der Waals surface area contributed by atoms with Crippen LogP contribution in [0.1, 0.15) is 35.6 Å². The van der Waals surface area contributed by atoms with E-state index < -0.39 is 29.5 Å². The van der Waals surface area contributed by atoms with Gasteiger partial charge in [0.25, 0.3) is 11.7 Å². The molecule has 0 bridgehead atoms. The van der Waals surface area contributed by atoms with E-state index in [0.717, 1.165) is 5.56 Å². The lowest BCUT2D eigenvalue weighted by Crippen LogP contribution is -2.31. The minimum atomic E-state index is -1.02. The molecule has 2 aromatic rings. The summed E-state index contributed by atoms with van der Waals surface area (Å²) >= 11 is 0. The fraction of sp³-hybridized carbons (Fsp3) is 0.227. The van der Waals surface area contributed by atoms with Gasteiger partial charge in [-0.15, -0.1) is 0 Å². The minimum Gasteiger partial charge on any atom is -0.507 e. The number of hydrogen-bond donors (Lipinski definition) is 2. The van der Waals surface area contributed by atoms with Crippen LogP contribution in [0.25, 0.3) is 5.76 Å². The number of aliphatic hydroxyl groups is 1. The van der Waals surface area contributed by atoms with E-state index in [-0.39, 0.29) is 30.7 Å². The summed E-state index contributed by atoms with van der Waals surface area (Å²) in [6, 6.07) is 11.2. The number of ketones is 1. The zero-order valence-corrected chi connectivity index (χ0v) is 15.8. The van der Waals surface area contributed by atoms with Crippen molar-refractivity contribution >= 4 is 23.4 Å². The second kappa shape index (κ2) is 8.26. The van der Waals surface area contributed by atoms with Crippen LogP contribution in [-0.2, 0) is 14.4 Å². The highest BCUT2D eigenvalue weighted by Gasteiger charge is 2.45. The van der Waals surface area contributed by atoms with E-state index >= 15 is 0 Å². The molecule has 7 heteroatoms. The Bertz CT molecular complexity index is 997. The maximum atomic E-state index is 13.9. The molecule has 0 aliphatic carbocycles. The van der Waals surface area contributed by atoms with Gasteiger partial charge in [0.1, 0.15) is 11.6 Å². The number of Topliss-reactive ketones (excluding diaryl/α,β-unsaturated/α-hetero) is 1. The maximum absolute atomic E-state index is 13.9. The number of carbonyl (C=O) groups is 3. The molecule has 1 heterocycles. The molecule has 1 saturated heterocycles. The SMILES string of the molecule is Cc1ccc(/C(O)=C2\C(=O)C(=O)N(CCCC(=O)O)[C@H]2c2cccc(F)c2)cc1. The maximum Gasteiger partial charge on any atom is 0.303 e. The Hall–Kier alpha value is -3.48. The molecule has 0 unspecified atom stereocenters. The molecule has 0 aromatic heterocycles. The summed E-state index contributed by atoms with van der Waals surface area (Å²) < 4.78 is 13.9. The number of hydrogen-bond acceptors (Lipinski definition) is 4. The van der Waals surface area contributed by atoms with Crippen LogP contribution in [0.2, 0.25) is 0 Å². The van der Waals surface area contributed by atoms with Gasteiger partial charge in [-0.05, 0) is 31.0 Å². The van der Waals surface area contributed by atoms with Crippen molar-refractivity contribution < 1.29 is 29.0 Å². The van der Waals surface area contributed by atoms with E-state index in [1.165, 1.54) is 23.1 Å². The van der Waals surface area contributed by atoms with Crippen molar-refractivity contribution in [2.45, 2.75) is 25.8 Å². The molecule has 1 aliphatic heterocycles. The van der Waals surface area contributed by atoms with E-state index in [2.05, 4.69) is 0 Å². The van der Waals surface area contributed by atoms with Crippen LogP contribution >= 0.6 is 0 Å². The highest BCUT2D eigenvalue weighted by molar-refractivity contribution is 6.46. The smallest absolute Gasteiger partial charge is 0.303 e. The van der Waals surface area contributed by atoms with Crippen LogP contribution in [0.4, 0.5) is 4.39 Å². The van der Waals surface area contributed by atoms with Crippen molar-refractivity contribution in [3.8, 4) is 0 Å². The lowest BCUT2D eigenvalue weighted by molar-refractivity contribution is -0.140. The number of aliphatic hydroxyl groups excluding tert-OH is 1. The van der Waals surface area contributed by atoms with Crippen molar-refractivity contribution in [3.05, 3.63) is 76.6 Å². The van der Waals surface area contributed by atoms with Crippen molar-refractivity contribution in [2.75, 3.05) is 6.54 Å². The number of amides is 1. The van der Waals surface area contributed by atoms with Gasteiger partial charge in [0.05, 0.1) is 11.6 Å². The average Bonchev–Trinajstić information content (AvgIpc) is 2.93. The van der Waals surface area contributed by atoms with E-state index in [0.29, 0.717) is 11.1 Å². The van der Waals surface area contributed by atoms with E-state index in [4.69, 9.17) is 5.11 Å². The average molecular weight is 397 g/mol. The van der Waals surface area contributed by atoms with E-state index in [1.54, 1.807) is 30.3 Å². The molecular weight excluding hydrogens is 377 g/mol. The zero-order chi connectivity index (χ0) is 21.1. The number of carboxylic acids is 1. The Balaban J connectivity index is 2.10. The summed E-state index contributed by atoms with van der Waals surface area (Å²) in [7, 11) is 0. The molecule has 1 atom stereocenters. The standard InChI is InChI=1S/C22H20FNO5/c1-13-7-9-14(10-8-13)20(27)18-19(15-4-2-5-16(23)12-15)24(22(29)21(18)28)11-3-6-17(25)26/h2,4-5,7-10,12,19,27H,3,6,11H2,1H3,(H,25,26)/b20-18+/t19-/m0/s1. The topological polar surface area (TPSA) is 94.9 Å². The molecule has 29 heavy (non-hydrogen) atoms. The number of halogens is 1. The Morgan fingerprint density at radius 3 is 2.41 bits per heavy atom. The van der Waals surface area contributed by atoms with Crippen LogP contribution in [0, 0.1) is 12.7 Å². The van der Waals surface area contributed by atoms with Gasteiger partial charge in [0, 0.05) is 18.5 Å². The Kier molecular flexibility index (Phi) is 5.77. The van der Waals surface area contributed by atoms with Crippen molar-refractivity contribution in [1.29, 1.82) is 0 Å². The molecule has 3 rings (SSSR count). The quantitative estimate of drug-likeness (QED) is 0.442. The van der Waals surface area contributed by atoms with Crippen LogP contribution in [-0.4, -0.2) is 39.3 Å². The molecule has 150 valence electrons. The zero-order valence-electron chi connectivity index (χ0n) is 15.8. The largest absolute Gasteiger partial charge is 0.507 e. The summed E-state index contributed by atoms with van der Waals surface area (Å²) in [4.78, 5) is 37.4. The number of aliphatic carboxylic acids is 1. The van der Waals surface area contributed by atoms with Gasteiger partial charge in [-0.2, -0.15) is 0 Å².